The Morgan fingerprint density at radius 3 is 2.17 bits per heavy atom. The summed E-state index contributed by atoms with van der Waals surface area (Å²) in [5.74, 6) is 0. The van der Waals surface area contributed by atoms with E-state index in [1.165, 1.54) is 0 Å². The lowest BCUT2D eigenvalue weighted by Gasteiger charge is -1.84. The molecule has 0 radical (unpaired) electrons. The van der Waals surface area contributed by atoms with Crippen molar-refractivity contribution in [3.63, 3.8) is 0 Å². The van der Waals surface area contributed by atoms with E-state index in [0.717, 1.165) is 6.04 Å². The molecular formula is C3H6Br2Si. The number of hydrogen-bond donors (Lipinski definition) is 0. The van der Waals surface area contributed by atoms with Crippen LogP contribution in [-0.2, 0) is 0 Å². The van der Waals surface area contributed by atoms with Gasteiger partial charge in [0.1, 0.15) is 0 Å². The molecule has 0 atom stereocenters. The topological polar surface area (TPSA) is 0 Å². The third kappa shape index (κ3) is 4.92. The first-order valence-electron chi connectivity index (χ1n) is 1.66. The van der Waals surface area contributed by atoms with Crippen LogP contribution in [-0.4, -0.2) is 6.04 Å². The van der Waals surface area contributed by atoms with E-state index in [9.17, 15) is 0 Å². The highest BCUT2D eigenvalue weighted by molar-refractivity contribution is 9.49. The smallest absolute Gasteiger partial charge is 0.115 e. The molecule has 0 aromatic rings. The molecule has 0 saturated carbocycles. The van der Waals surface area contributed by atoms with Gasteiger partial charge in [0.05, 0.1) is 0 Å². The summed E-state index contributed by atoms with van der Waals surface area (Å²) in [7, 11) is 0. The summed E-state index contributed by atoms with van der Waals surface area (Å²) >= 11 is 6.84. The molecule has 0 N–H and O–H groups in total. The molecule has 0 aliphatic carbocycles. The van der Waals surface area contributed by atoms with E-state index in [4.69, 9.17) is 0 Å². The summed E-state index contributed by atoms with van der Waals surface area (Å²) in [5, 5.41) is 0. The maximum absolute atomic E-state index is 3.58. The molecule has 0 aromatic heterocycles. The Balaban J connectivity index is 2.81. The van der Waals surface area contributed by atoms with Gasteiger partial charge < -0.3 is 0 Å². The molecule has 0 aromatic carbocycles. The normalized spacial score (nSPS) is 9.17. The van der Waals surface area contributed by atoms with Crippen LogP contribution >= 0.6 is 30.6 Å². The van der Waals surface area contributed by atoms with Gasteiger partial charge in [0, 0.05) is 0 Å². The van der Waals surface area contributed by atoms with Crippen LogP contribution in [0.2, 0.25) is 6.04 Å². The summed E-state index contributed by atoms with van der Waals surface area (Å²) in [4.78, 5) is 0. The van der Waals surface area contributed by atoms with Gasteiger partial charge in [0.2, 0.25) is 0 Å². The van der Waals surface area contributed by atoms with Gasteiger partial charge in [-0.05, 0) is 6.04 Å². The number of halogens is 2. The average molecular weight is 230 g/mol. The van der Waals surface area contributed by atoms with Gasteiger partial charge in [-0.1, -0.05) is 6.08 Å². The first kappa shape index (κ1) is 6.92. The Hall–Kier alpha value is 0.917. The van der Waals surface area contributed by atoms with Crippen molar-refractivity contribution in [3.05, 3.63) is 12.7 Å². The summed E-state index contributed by atoms with van der Waals surface area (Å²) in [6.07, 6.45) is 1.92. The SMILES string of the molecule is C=CC[SiH](Br)Br. The summed E-state index contributed by atoms with van der Waals surface area (Å²) in [6, 6.07) is 0.448. The summed E-state index contributed by atoms with van der Waals surface area (Å²) in [5.41, 5.74) is 0. The van der Waals surface area contributed by atoms with Gasteiger partial charge in [0.15, 0.2) is 6.04 Å². The van der Waals surface area contributed by atoms with E-state index in [2.05, 4.69) is 37.2 Å². The van der Waals surface area contributed by atoms with Gasteiger partial charge in [-0.3, -0.25) is 0 Å². The lowest BCUT2D eigenvalue weighted by Crippen LogP contribution is -1.82. The molecule has 0 unspecified atom stereocenters. The summed E-state index contributed by atoms with van der Waals surface area (Å²) < 4.78 is 0. The van der Waals surface area contributed by atoms with Crippen molar-refractivity contribution in [2.24, 2.45) is 0 Å². The molecule has 0 spiro atoms. The second-order valence-corrected chi connectivity index (χ2v) is 12.5. The van der Waals surface area contributed by atoms with Crippen LogP contribution in [0.3, 0.4) is 0 Å². The third-order valence-electron chi connectivity index (χ3n) is 0.345. The van der Waals surface area contributed by atoms with Gasteiger partial charge >= 0.3 is 0 Å². The average Bonchev–Trinajstić information content (AvgIpc) is 1.35. The fraction of sp³-hybridized carbons (Fsp3) is 0.333. The van der Waals surface area contributed by atoms with E-state index in [1.54, 1.807) is 0 Å². The van der Waals surface area contributed by atoms with E-state index in [-0.39, 0.29) is 0 Å². The first-order chi connectivity index (χ1) is 2.77. The molecule has 0 heterocycles. The van der Waals surface area contributed by atoms with Crippen LogP contribution in [0.4, 0.5) is 0 Å². The maximum atomic E-state index is 3.58. The molecule has 0 fully saturated rings. The molecule has 0 rings (SSSR count). The molecular weight excluding hydrogens is 224 g/mol. The van der Waals surface area contributed by atoms with Crippen LogP contribution in [0.1, 0.15) is 0 Å². The minimum absolute atomic E-state index is 0.664. The highest BCUT2D eigenvalue weighted by Gasteiger charge is 1.91. The van der Waals surface area contributed by atoms with Gasteiger partial charge in [-0.25, -0.2) is 0 Å². The zero-order valence-electron chi connectivity index (χ0n) is 3.32. The minimum atomic E-state index is -0.664. The predicted molar refractivity (Wildman–Crippen MR) is 40.0 cm³/mol. The molecule has 0 aliphatic rings. The van der Waals surface area contributed by atoms with Crippen LogP contribution in [0.25, 0.3) is 0 Å². The van der Waals surface area contributed by atoms with Gasteiger partial charge in [-0.2, -0.15) is 0 Å². The maximum Gasteiger partial charge on any atom is 0.190 e. The Morgan fingerprint density at radius 1 is 1.67 bits per heavy atom. The van der Waals surface area contributed by atoms with Crippen molar-refractivity contribution in [3.8, 4) is 0 Å². The predicted octanol–water partition coefficient (Wildman–Crippen LogP) is 2.18. The fourth-order valence-corrected chi connectivity index (χ4v) is 1.96. The van der Waals surface area contributed by atoms with Crippen molar-refractivity contribution in [1.82, 2.24) is 0 Å². The number of allylic oxidation sites excluding steroid dienone is 1. The first-order valence-corrected chi connectivity index (χ1v) is 8.84. The zero-order valence-corrected chi connectivity index (χ0v) is 7.65. The number of rotatable bonds is 2. The quantitative estimate of drug-likeness (QED) is 0.387. The minimum Gasteiger partial charge on any atom is -0.115 e. The van der Waals surface area contributed by atoms with Crippen molar-refractivity contribution in [2.75, 3.05) is 0 Å². The van der Waals surface area contributed by atoms with Crippen molar-refractivity contribution in [2.45, 2.75) is 6.04 Å². The lowest BCUT2D eigenvalue weighted by molar-refractivity contribution is 1.75. The monoisotopic (exact) mass is 228 g/mol. The second kappa shape index (κ2) is 4.09. The Kier molecular flexibility index (Phi) is 4.71. The molecule has 6 heavy (non-hydrogen) atoms. The highest BCUT2D eigenvalue weighted by Crippen LogP contribution is 2.07. The van der Waals surface area contributed by atoms with Crippen LogP contribution in [0, 0.1) is 0 Å². The third-order valence-corrected chi connectivity index (χ3v) is 3.28. The molecule has 0 bridgehead atoms. The second-order valence-electron chi connectivity index (χ2n) is 0.915. The number of hydrogen-bond acceptors (Lipinski definition) is 0. The van der Waals surface area contributed by atoms with Crippen LogP contribution in [0.5, 0.6) is 0 Å². The van der Waals surface area contributed by atoms with E-state index in [0.29, 0.717) is 0 Å². The standard InChI is InChI=1S/C3H6Br2Si/c1-2-3-6(4)5/h2,6H,1,3H2. The van der Waals surface area contributed by atoms with Crippen molar-refractivity contribution < 1.29 is 0 Å². The van der Waals surface area contributed by atoms with Gasteiger partial charge in [-0.15, -0.1) is 37.2 Å². The van der Waals surface area contributed by atoms with Crippen molar-refractivity contribution >= 4 is 36.6 Å². The van der Waals surface area contributed by atoms with Crippen molar-refractivity contribution in [1.29, 1.82) is 0 Å². The Morgan fingerprint density at radius 2 is 2.17 bits per heavy atom. The summed E-state index contributed by atoms with van der Waals surface area (Å²) in [6.45, 7) is 3.58. The largest absolute Gasteiger partial charge is 0.190 e. The van der Waals surface area contributed by atoms with Crippen LogP contribution < -0.4 is 0 Å². The Bertz CT molecular complexity index is 44.1. The molecule has 0 amide bonds. The molecule has 0 nitrogen and oxygen atoms in total. The van der Waals surface area contributed by atoms with E-state index >= 15 is 0 Å². The lowest BCUT2D eigenvalue weighted by atomic mass is 10.8. The van der Waals surface area contributed by atoms with E-state index < -0.39 is 6.04 Å². The Labute approximate surface area is 55.4 Å². The molecule has 36 valence electrons. The van der Waals surface area contributed by atoms with E-state index in [1.807, 2.05) is 6.08 Å². The molecule has 3 heteroatoms. The zero-order chi connectivity index (χ0) is 4.99. The molecule has 0 saturated heterocycles. The fourth-order valence-electron chi connectivity index (χ4n) is 0.126. The highest BCUT2D eigenvalue weighted by atomic mass is 79.9. The molecule has 0 aliphatic heterocycles. The van der Waals surface area contributed by atoms with Gasteiger partial charge in [0.25, 0.3) is 0 Å². The van der Waals surface area contributed by atoms with Crippen LogP contribution in [0.15, 0.2) is 12.7 Å².